The van der Waals surface area contributed by atoms with E-state index in [2.05, 4.69) is 5.32 Å². The van der Waals surface area contributed by atoms with E-state index < -0.39 is 24.8 Å². The van der Waals surface area contributed by atoms with Crippen molar-refractivity contribution in [1.82, 2.24) is 5.32 Å². The Morgan fingerprint density at radius 1 is 1.36 bits per heavy atom. The molecule has 1 amide bonds. The van der Waals surface area contributed by atoms with E-state index in [4.69, 9.17) is 9.47 Å². The third-order valence-electron chi connectivity index (χ3n) is 2.67. The zero-order valence-corrected chi connectivity index (χ0v) is 12.2. The van der Waals surface area contributed by atoms with Crippen LogP contribution in [0, 0.1) is 0 Å². The lowest BCUT2D eigenvalue weighted by Crippen LogP contribution is -2.28. The minimum Gasteiger partial charge on any atom is -0.508 e. The van der Waals surface area contributed by atoms with Gasteiger partial charge in [0, 0.05) is 26.1 Å². The van der Waals surface area contributed by atoms with Gasteiger partial charge in [0.1, 0.15) is 17.9 Å². The highest BCUT2D eigenvalue weighted by atomic mass is 19.4. The Kier molecular flexibility index (Phi) is 6.48. The zero-order chi connectivity index (χ0) is 16.8. The number of ether oxygens (including phenoxy) is 2. The van der Waals surface area contributed by atoms with Crippen molar-refractivity contribution in [3.05, 3.63) is 23.8 Å². The van der Waals surface area contributed by atoms with Gasteiger partial charge in [-0.25, -0.2) is 0 Å². The van der Waals surface area contributed by atoms with E-state index in [1.165, 1.54) is 25.3 Å². The fourth-order valence-electron chi connectivity index (χ4n) is 1.71. The molecular weight excluding hydrogens is 303 g/mol. The van der Waals surface area contributed by atoms with E-state index in [1.807, 2.05) is 6.92 Å². The Balaban J connectivity index is 2.67. The van der Waals surface area contributed by atoms with Crippen LogP contribution in [0.4, 0.5) is 13.2 Å². The Bertz CT molecular complexity index is 501. The summed E-state index contributed by atoms with van der Waals surface area (Å²) in [6.07, 6.45) is -6.03. The highest BCUT2D eigenvalue weighted by molar-refractivity contribution is 5.76. The molecule has 2 N–H and O–H groups in total. The molecule has 0 saturated heterocycles. The molecule has 0 bridgehead atoms. The summed E-state index contributed by atoms with van der Waals surface area (Å²) in [6.45, 7) is 1.69. The number of hydrogen-bond donors (Lipinski definition) is 2. The van der Waals surface area contributed by atoms with E-state index in [0.717, 1.165) is 0 Å². The van der Waals surface area contributed by atoms with Gasteiger partial charge in [-0.2, -0.15) is 13.2 Å². The molecule has 0 radical (unpaired) electrons. The third-order valence-corrected chi connectivity index (χ3v) is 2.67. The number of phenolic OH excluding ortho intramolecular Hbond substituents is 1. The molecular formula is C14H18F3NO4. The minimum absolute atomic E-state index is 0.122. The average molecular weight is 321 g/mol. The summed E-state index contributed by atoms with van der Waals surface area (Å²) >= 11 is 0. The second kappa shape index (κ2) is 7.88. The molecule has 1 aromatic rings. The number of carbonyl (C=O) groups is 1. The molecule has 0 aliphatic rings. The van der Waals surface area contributed by atoms with Gasteiger partial charge in [-0.3, -0.25) is 4.79 Å². The third kappa shape index (κ3) is 6.66. The Morgan fingerprint density at radius 2 is 2.05 bits per heavy atom. The summed E-state index contributed by atoms with van der Waals surface area (Å²) in [7, 11) is 1.47. The quantitative estimate of drug-likeness (QED) is 0.758. The maximum absolute atomic E-state index is 12.0. The second-order valence-corrected chi connectivity index (χ2v) is 4.60. The van der Waals surface area contributed by atoms with Gasteiger partial charge in [0.2, 0.25) is 5.91 Å². The van der Waals surface area contributed by atoms with Gasteiger partial charge < -0.3 is 19.9 Å². The van der Waals surface area contributed by atoms with Crippen LogP contribution in [-0.4, -0.2) is 30.6 Å². The van der Waals surface area contributed by atoms with Gasteiger partial charge in [-0.05, 0) is 17.7 Å². The maximum Gasteiger partial charge on any atom is 0.397 e. The first-order valence-corrected chi connectivity index (χ1v) is 6.59. The first-order valence-electron chi connectivity index (χ1n) is 6.59. The van der Waals surface area contributed by atoms with E-state index in [9.17, 15) is 23.1 Å². The van der Waals surface area contributed by atoms with Crippen LogP contribution in [0.5, 0.6) is 11.5 Å². The van der Waals surface area contributed by atoms with Crippen molar-refractivity contribution in [2.24, 2.45) is 0 Å². The second-order valence-electron chi connectivity index (χ2n) is 4.60. The average Bonchev–Trinajstić information content (AvgIpc) is 2.40. The normalized spacial score (nSPS) is 12.8. The summed E-state index contributed by atoms with van der Waals surface area (Å²) in [5.74, 6) is -0.959. The lowest BCUT2D eigenvalue weighted by Gasteiger charge is -2.16. The van der Waals surface area contributed by atoms with Crippen LogP contribution >= 0.6 is 0 Å². The van der Waals surface area contributed by atoms with Crippen molar-refractivity contribution < 1.29 is 32.5 Å². The number of methoxy groups -OCH3 is 1. The Labute approximate surface area is 126 Å². The molecule has 1 rings (SSSR count). The van der Waals surface area contributed by atoms with Crippen molar-refractivity contribution in [2.75, 3.05) is 7.11 Å². The molecule has 1 aromatic carbocycles. The van der Waals surface area contributed by atoms with Crippen molar-refractivity contribution in [3.63, 3.8) is 0 Å². The summed E-state index contributed by atoms with van der Waals surface area (Å²) < 4.78 is 46.6. The van der Waals surface area contributed by atoms with Gasteiger partial charge >= 0.3 is 6.18 Å². The molecule has 22 heavy (non-hydrogen) atoms. The minimum atomic E-state index is -4.55. The topological polar surface area (TPSA) is 67.8 Å². The first-order chi connectivity index (χ1) is 10.2. The summed E-state index contributed by atoms with van der Waals surface area (Å²) in [5.41, 5.74) is 0.413. The first kappa shape index (κ1) is 18.1. The van der Waals surface area contributed by atoms with Gasteiger partial charge in [0.05, 0.1) is 0 Å². The number of nitrogens with one attached hydrogen (secondary N) is 1. The van der Waals surface area contributed by atoms with E-state index >= 15 is 0 Å². The van der Waals surface area contributed by atoms with Gasteiger partial charge in [-0.1, -0.05) is 6.92 Å². The number of carbonyl (C=O) groups excluding carboxylic acids is 1. The number of rotatable bonds is 7. The molecule has 0 aliphatic heterocycles. The molecule has 1 unspecified atom stereocenters. The van der Waals surface area contributed by atoms with Crippen molar-refractivity contribution in [2.45, 2.75) is 38.8 Å². The molecule has 8 heteroatoms. The summed E-state index contributed by atoms with van der Waals surface area (Å²) in [6, 6.07) is 4.19. The van der Waals surface area contributed by atoms with Crippen LogP contribution < -0.4 is 10.1 Å². The predicted octanol–water partition coefficient (Wildman–Crippen LogP) is 2.72. The van der Waals surface area contributed by atoms with Gasteiger partial charge in [0.15, 0.2) is 6.29 Å². The molecule has 1 atom stereocenters. The lowest BCUT2D eigenvalue weighted by molar-refractivity contribution is -0.153. The number of phenols is 1. The van der Waals surface area contributed by atoms with Crippen molar-refractivity contribution in [3.8, 4) is 11.5 Å². The number of aromatic hydroxyl groups is 1. The number of amides is 1. The monoisotopic (exact) mass is 321 g/mol. The van der Waals surface area contributed by atoms with Crippen LogP contribution in [0.25, 0.3) is 0 Å². The SMILES string of the molecule is CCC(OC)Oc1cc(O)cc(CNC(=O)CC(F)(F)F)c1. The van der Waals surface area contributed by atoms with Crippen molar-refractivity contribution in [1.29, 1.82) is 0 Å². The molecule has 5 nitrogen and oxygen atoms in total. The number of alkyl halides is 3. The molecule has 0 saturated carbocycles. The fraction of sp³-hybridized carbons (Fsp3) is 0.500. The van der Waals surface area contributed by atoms with Crippen LogP contribution in [0.2, 0.25) is 0 Å². The van der Waals surface area contributed by atoms with E-state index in [1.54, 1.807) is 0 Å². The molecule has 0 heterocycles. The van der Waals surface area contributed by atoms with Crippen molar-refractivity contribution >= 4 is 5.91 Å². The lowest BCUT2D eigenvalue weighted by atomic mass is 10.2. The standard InChI is InChI=1S/C14H18F3NO4/c1-3-13(21-2)22-11-5-9(4-10(19)6-11)8-18-12(20)7-14(15,16)17/h4-6,13,19H,3,7-8H2,1-2H3,(H,18,20). The summed E-state index contributed by atoms with van der Waals surface area (Å²) in [4.78, 5) is 11.1. The van der Waals surface area contributed by atoms with Gasteiger partial charge in [-0.15, -0.1) is 0 Å². The Hall–Kier alpha value is -1.96. The molecule has 0 aromatic heterocycles. The van der Waals surface area contributed by atoms with Crippen LogP contribution in [0.3, 0.4) is 0 Å². The van der Waals surface area contributed by atoms with Crippen LogP contribution in [0.15, 0.2) is 18.2 Å². The molecule has 0 fully saturated rings. The highest BCUT2D eigenvalue weighted by Crippen LogP contribution is 2.24. The molecule has 0 spiro atoms. The number of halogens is 3. The molecule has 0 aliphatic carbocycles. The fourth-order valence-corrected chi connectivity index (χ4v) is 1.71. The number of benzene rings is 1. The summed E-state index contributed by atoms with van der Waals surface area (Å²) in [5, 5.41) is 11.7. The van der Waals surface area contributed by atoms with E-state index in [-0.39, 0.29) is 12.3 Å². The zero-order valence-electron chi connectivity index (χ0n) is 12.2. The number of hydrogen-bond acceptors (Lipinski definition) is 4. The highest BCUT2D eigenvalue weighted by Gasteiger charge is 2.30. The molecule has 124 valence electrons. The van der Waals surface area contributed by atoms with Crippen LogP contribution in [-0.2, 0) is 16.1 Å². The predicted molar refractivity (Wildman–Crippen MR) is 72.3 cm³/mol. The maximum atomic E-state index is 12.0. The largest absolute Gasteiger partial charge is 0.508 e. The smallest absolute Gasteiger partial charge is 0.397 e. The Morgan fingerprint density at radius 3 is 2.59 bits per heavy atom. The van der Waals surface area contributed by atoms with Gasteiger partial charge in [0.25, 0.3) is 0 Å². The van der Waals surface area contributed by atoms with E-state index in [0.29, 0.717) is 17.7 Å². The van der Waals surface area contributed by atoms with Crippen LogP contribution in [0.1, 0.15) is 25.3 Å².